The lowest BCUT2D eigenvalue weighted by atomic mass is 10.6. The van der Waals surface area contributed by atoms with Crippen LogP contribution in [0.2, 0.25) is 6.04 Å². The lowest BCUT2D eigenvalue weighted by Crippen LogP contribution is -2.42. The van der Waals surface area contributed by atoms with Gasteiger partial charge in [-0.3, -0.25) is 0 Å². The molecule has 0 saturated heterocycles. The van der Waals surface area contributed by atoms with Gasteiger partial charge in [0.05, 0.1) is 10.2 Å². The van der Waals surface area contributed by atoms with Gasteiger partial charge in [0.15, 0.2) is 5.41 Å². The van der Waals surface area contributed by atoms with E-state index in [2.05, 4.69) is 17.6 Å². The van der Waals surface area contributed by atoms with Crippen LogP contribution in [0.1, 0.15) is 6.42 Å². The van der Waals surface area contributed by atoms with Crippen LogP contribution in [-0.4, -0.2) is 78.4 Å². The molecule has 0 unspecified atom stereocenters. The third kappa shape index (κ3) is 10.3. The number of aliphatic imine (C=N–C) groups is 1. The molecule has 0 aromatic carbocycles. The maximum absolute atomic E-state index is 9.70. The van der Waals surface area contributed by atoms with Crippen molar-refractivity contribution in [3.63, 3.8) is 0 Å². The zero-order valence-corrected chi connectivity index (χ0v) is 17.6. The van der Waals surface area contributed by atoms with E-state index in [1.807, 2.05) is 0 Å². The van der Waals surface area contributed by atoms with E-state index < -0.39 is 14.2 Å². The van der Waals surface area contributed by atoms with E-state index in [4.69, 9.17) is 22.8 Å². The Morgan fingerprint density at radius 2 is 1.62 bits per heavy atom. The molecule has 0 amide bonds. The van der Waals surface area contributed by atoms with E-state index >= 15 is 0 Å². The van der Waals surface area contributed by atoms with E-state index in [-0.39, 0.29) is 6.54 Å². The van der Waals surface area contributed by atoms with Crippen molar-refractivity contribution in [2.75, 3.05) is 47.8 Å². The molecular weight excluding hydrogens is 330 g/mol. The lowest BCUT2D eigenvalue weighted by molar-refractivity contribution is -0.133. The largest absolute Gasteiger partial charge is 0.500 e. The number of methoxy groups -OCH3 is 2. The van der Waals surface area contributed by atoms with Crippen molar-refractivity contribution in [1.29, 1.82) is 0 Å². The quantitative estimate of drug-likeness (QED) is 0.192. The van der Waals surface area contributed by atoms with Crippen LogP contribution in [0.3, 0.4) is 0 Å². The van der Waals surface area contributed by atoms with Gasteiger partial charge in [0.25, 0.3) is 0 Å². The van der Waals surface area contributed by atoms with Gasteiger partial charge in [0, 0.05) is 41.6 Å². The molecule has 0 fully saturated rings. The standard InChI is InChI=1S/C6H16O3SSi.C5H11NO3Si/c1-7-11(8-2,9-3)6-4-5-10;1-8-5(10,9-2)3-6-4-7/h10H,4-6H2,1-3H3;3H2,1-2,10H3. The van der Waals surface area contributed by atoms with Crippen LogP contribution >= 0.6 is 12.6 Å². The van der Waals surface area contributed by atoms with Gasteiger partial charge in [-0.15, -0.1) is 0 Å². The average Bonchev–Trinajstić information content (AvgIpc) is 2.55. The minimum atomic E-state index is -2.29. The summed E-state index contributed by atoms with van der Waals surface area (Å²) in [6.45, 7) is 0.232. The molecule has 21 heavy (non-hydrogen) atoms. The van der Waals surface area contributed by atoms with Crippen molar-refractivity contribution in [1.82, 2.24) is 0 Å². The third-order valence-corrected chi connectivity index (χ3v) is 7.15. The average molecular weight is 358 g/mol. The highest BCUT2D eigenvalue weighted by Crippen LogP contribution is 2.14. The van der Waals surface area contributed by atoms with E-state index in [0.29, 0.717) is 10.2 Å². The summed E-state index contributed by atoms with van der Waals surface area (Å²) >= 11 is 4.10. The number of nitrogens with zero attached hydrogens (tertiary/aromatic N) is 1. The molecule has 126 valence electrons. The maximum Gasteiger partial charge on any atom is 0.500 e. The molecule has 10 heteroatoms. The van der Waals surface area contributed by atoms with Gasteiger partial charge in [-0.1, -0.05) is 0 Å². The Kier molecular flexibility index (Phi) is 15.1. The highest BCUT2D eigenvalue weighted by molar-refractivity contribution is 7.80. The summed E-state index contributed by atoms with van der Waals surface area (Å²) in [4.78, 5) is 13.1. The van der Waals surface area contributed by atoms with Crippen LogP contribution in [0.4, 0.5) is 0 Å². The molecule has 0 rings (SSSR count). The van der Waals surface area contributed by atoms with Crippen molar-refractivity contribution in [3.05, 3.63) is 0 Å². The Morgan fingerprint density at radius 3 is 1.90 bits per heavy atom. The van der Waals surface area contributed by atoms with E-state index in [1.165, 1.54) is 20.3 Å². The van der Waals surface area contributed by atoms with Crippen molar-refractivity contribution < 1.29 is 27.5 Å². The van der Waals surface area contributed by atoms with Gasteiger partial charge in [0.2, 0.25) is 6.08 Å². The Balaban J connectivity index is 0. The Bertz CT molecular complexity index is 288. The van der Waals surface area contributed by atoms with Gasteiger partial charge < -0.3 is 22.8 Å². The Hall–Kier alpha value is -0.0362. The Labute approximate surface area is 136 Å². The smallest absolute Gasteiger partial charge is 0.377 e. The molecule has 0 atom stereocenters. The number of rotatable bonds is 10. The summed E-state index contributed by atoms with van der Waals surface area (Å²) in [7, 11) is 6.30. The molecule has 0 aromatic rings. The highest BCUT2D eigenvalue weighted by atomic mass is 32.1. The SMILES string of the molecule is COC([SiH3])(CN=C=O)OC.CO[Si](CCCS)(OC)OC. The topological polar surface area (TPSA) is 75.6 Å². The summed E-state index contributed by atoms with van der Waals surface area (Å²) < 4.78 is 25.5. The zero-order valence-electron chi connectivity index (χ0n) is 13.7. The van der Waals surface area contributed by atoms with Crippen molar-refractivity contribution in [3.8, 4) is 0 Å². The molecule has 7 nitrogen and oxygen atoms in total. The number of isocyanates is 1. The number of thiol groups is 1. The second-order valence-corrected chi connectivity index (χ2v) is 9.13. The van der Waals surface area contributed by atoms with Crippen LogP contribution in [0, 0.1) is 0 Å². The van der Waals surface area contributed by atoms with Crippen LogP contribution in [0.25, 0.3) is 0 Å². The van der Waals surface area contributed by atoms with Crippen LogP contribution < -0.4 is 0 Å². The van der Waals surface area contributed by atoms with Crippen molar-refractivity contribution >= 4 is 37.8 Å². The second kappa shape index (κ2) is 13.6. The minimum Gasteiger partial charge on any atom is -0.377 e. The third-order valence-electron chi connectivity index (χ3n) is 2.87. The first kappa shape index (κ1) is 23.2. The highest BCUT2D eigenvalue weighted by Gasteiger charge is 2.36. The zero-order chi connectivity index (χ0) is 16.8. The van der Waals surface area contributed by atoms with Gasteiger partial charge in [-0.2, -0.15) is 12.6 Å². The van der Waals surface area contributed by atoms with E-state index in [0.717, 1.165) is 18.2 Å². The molecule has 0 radical (unpaired) electrons. The number of carbonyl (C=O) groups excluding carboxylic acids is 1. The van der Waals surface area contributed by atoms with E-state index in [9.17, 15) is 4.79 Å². The summed E-state index contributed by atoms with van der Waals surface area (Å²) in [6, 6.07) is 0.833. The summed E-state index contributed by atoms with van der Waals surface area (Å²) in [5.41, 5.74) is -0.655. The molecule has 0 aliphatic rings. The van der Waals surface area contributed by atoms with Gasteiger partial charge in [-0.05, 0) is 12.2 Å². The molecule has 0 aromatic heterocycles. The lowest BCUT2D eigenvalue weighted by Gasteiger charge is -2.23. The first-order chi connectivity index (χ1) is 9.92. The Morgan fingerprint density at radius 1 is 1.14 bits per heavy atom. The van der Waals surface area contributed by atoms with Crippen LogP contribution in [0.15, 0.2) is 4.99 Å². The molecule has 0 heterocycles. The molecule has 0 spiro atoms. The number of hydrogen-bond acceptors (Lipinski definition) is 8. The molecule has 0 N–H and O–H groups in total. The van der Waals surface area contributed by atoms with Crippen LogP contribution in [0.5, 0.6) is 0 Å². The van der Waals surface area contributed by atoms with Gasteiger partial charge in [-0.25, -0.2) is 9.79 Å². The molecule has 0 aliphatic heterocycles. The van der Waals surface area contributed by atoms with Gasteiger partial charge >= 0.3 is 8.80 Å². The van der Waals surface area contributed by atoms with Gasteiger partial charge in [0.1, 0.15) is 6.54 Å². The fourth-order valence-corrected chi connectivity index (χ4v) is 3.58. The summed E-state index contributed by atoms with van der Waals surface area (Å²) in [5, 5.41) is 0. The predicted molar refractivity (Wildman–Crippen MR) is 89.7 cm³/mol. The predicted octanol–water partition coefficient (Wildman–Crippen LogP) is -0.181. The number of ether oxygens (including phenoxy) is 2. The second-order valence-electron chi connectivity index (χ2n) is 4.07. The molecule has 0 bridgehead atoms. The fraction of sp³-hybridized carbons (Fsp3) is 0.909. The first-order valence-corrected chi connectivity index (χ1v) is 9.89. The van der Waals surface area contributed by atoms with Crippen LogP contribution in [-0.2, 0) is 27.5 Å². The molecule has 0 aliphatic carbocycles. The van der Waals surface area contributed by atoms with Crippen molar-refractivity contribution in [2.24, 2.45) is 4.99 Å². The van der Waals surface area contributed by atoms with E-state index in [1.54, 1.807) is 21.3 Å². The maximum atomic E-state index is 9.70. The number of hydrogen-bond donors (Lipinski definition) is 1. The molecule has 0 saturated carbocycles. The summed E-state index contributed by atoms with van der Waals surface area (Å²) in [5.74, 6) is 0.838. The first-order valence-electron chi connectivity index (χ1n) is 6.33. The molecular formula is C11H27NO6SSi2. The van der Waals surface area contributed by atoms with Crippen molar-refractivity contribution in [2.45, 2.75) is 17.9 Å². The minimum absolute atomic E-state index is 0.232. The fourth-order valence-electron chi connectivity index (χ4n) is 1.24. The summed E-state index contributed by atoms with van der Waals surface area (Å²) in [6.07, 6.45) is 2.39. The normalized spacial score (nSPS) is 11.5. The monoisotopic (exact) mass is 357 g/mol.